The normalized spacial score (nSPS) is 28.1. The van der Waals surface area contributed by atoms with Crippen LogP contribution in [0.5, 0.6) is 0 Å². The van der Waals surface area contributed by atoms with Crippen LogP contribution in [0.1, 0.15) is 43.6 Å². The largest absolute Gasteiger partial charge is 0.458 e. The van der Waals surface area contributed by atoms with Crippen LogP contribution in [0.2, 0.25) is 0 Å². The third-order valence-corrected chi connectivity index (χ3v) is 8.57. The molecule has 1 spiro atoms. The smallest absolute Gasteiger partial charge is 0.283 e. The van der Waals surface area contributed by atoms with Crippen molar-refractivity contribution < 1.29 is 13.2 Å². The van der Waals surface area contributed by atoms with Crippen LogP contribution in [0, 0.1) is 11.8 Å². The molecular formula is C22H24N2O3S2. The Morgan fingerprint density at radius 2 is 2.10 bits per heavy atom. The predicted molar refractivity (Wildman–Crippen MR) is 118 cm³/mol. The van der Waals surface area contributed by atoms with Crippen molar-refractivity contribution in [2.75, 3.05) is 11.5 Å². The predicted octanol–water partition coefficient (Wildman–Crippen LogP) is 3.68. The SMILES string of the molecule is CC#Cc1cccc(-c2csc(C3(C)CC4(CCCS(=O)(=O)C4)OC(N)=N3)c2)c1. The highest BCUT2D eigenvalue weighted by Crippen LogP contribution is 2.46. The van der Waals surface area contributed by atoms with Crippen molar-refractivity contribution in [1.29, 1.82) is 0 Å². The zero-order chi connectivity index (χ0) is 20.7. The first kappa shape index (κ1) is 20.0. The van der Waals surface area contributed by atoms with E-state index in [1.807, 2.05) is 26.0 Å². The summed E-state index contributed by atoms with van der Waals surface area (Å²) in [4.78, 5) is 5.65. The number of nitrogens with zero attached hydrogens (tertiary/aromatic N) is 1. The molecule has 4 rings (SSSR count). The Balaban J connectivity index is 1.68. The van der Waals surface area contributed by atoms with Gasteiger partial charge in [0.1, 0.15) is 11.1 Å². The van der Waals surface area contributed by atoms with E-state index in [0.717, 1.165) is 21.6 Å². The first-order valence-electron chi connectivity index (χ1n) is 9.60. The number of thiophene rings is 1. The lowest BCUT2D eigenvalue weighted by Gasteiger charge is -2.44. The van der Waals surface area contributed by atoms with Gasteiger partial charge in [0.15, 0.2) is 9.84 Å². The highest BCUT2D eigenvalue weighted by molar-refractivity contribution is 7.91. The van der Waals surface area contributed by atoms with Crippen molar-refractivity contribution in [2.45, 2.75) is 44.2 Å². The van der Waals surface area contributed by atoms with Crippen LogP contribution < -0.4 is 5.73 Å². The summed E-state index contributed by atoms with van der Waals surface area (Å²) in [6, 6.07) is 10.3. The molecule has 0 saturated carbocycles. The lowest BCUT2D eigenvalue weighted by Crippen LogP contribution is -2.54. The van der Waals surface area contributed by atoms with E-state index >= 15 is 0 Å². The molecule has 0 amide bonds. The molecule has 2 aromatic rings. The summed E-state index contributed by atoms with van der Waals surface area (Å²) in [5.41, 5.74) is 7.79. The Bertz CT molecular complexity index is 1140. The Morgan fingerprint density at radius 1 is 1.28 bits per heavy atom. The number of sulfone groups is 1. The van der Waals surface area contributed by atoms with E-state index < -0.39 is 21.0 Å². The number of hydrogen-bond donors (Lipinski definition) is 1. The van der Waals surface area contributed by atoms with Crippen molar-refractivity contribution in [2.24, 2.45) is 10.7 Å². The summed E-state index contributed by atoms with van der Waals surface area (Å²) < 4.78 is 30.4. The molecular weight excluding hydrogens is 404 g/mol. The Morgan fingerprint density at radius 3 is 2.86 bits per heavy atom. The molecule has 152 valence electrons. The second-order valence-electron chi connectivity index (χ2n) is 8.04. The topological polar surface area (TPSA) is 81.8 Å². The maximum Gasteiger partial charge on any atom is 0.283 e. The van der Waals surface area contributed by atoms with Crippen LogP contribution in [-0.4, -0.2) is 31.5 Å². The van der Waals surface area contributed by atoms with Gasteiger partial charge >= 0.3 is 0 Å². The molecule has 2 atom stereocenters. The Labute approximate surface area is 175 Å². The zero-order valence-electron chi connectivity index (χ0n) is 16.6. The van der Waals surface area contributed by atoms with Crippen molar-refractivity contribution in [1.82, 2.24) is 0 Å². The minimum absolute atomic E-state index is 0.00176. The second kappa shape index (κ2) is 7.19. The molecule has 2 unspecified atom stereocenters. The number of rotatable bonds is 2. The van der Waals surface area contributed by atoms with Crippen LogP contribution >= 0.6 is 11.3 Å². The molecule has 7 heteroatoms. The van der Waals surface area contributed by atoms with Crippen LogP contribution in [0.3, 0.4) is 0 Å². The average molecular weight is 429 g/mol. The van der Waals surface area contributed by atoms with Gasteiger partial charge in [-0.2, -0.15) is 0 Å². The number of nitrogens with two attached hydrogens (primary N) is 1. The molecule has 2 N–H and O–H groups in total. The molecule has 0 aliphatic carbocycles. The minimum atomic E-state index is -3.14. The fraction of sp³-hybridized carbons (Fsp3) is 0.409. The van der Waals surface area contributed by atoms with E-state index in [9.17, 15) is 8.42 Å². The summed E-state index contributed by atoms with van der Waals surface area (Å²) in [5.74, 6) is 6.23. The van der Waals surface area contributed by atoms with Gasteiger partial charge in [0.25, 0.3) is 6.02 Å². The highest BCUT2D eigenvalue weighted by atomic mass is 32.2. The molecule has 5 nitrogen and oxygen atoms in total. The molecule has 29 heavy (non-hydrogen) atoms. The number of aliphatic imine (C=N–C) groups is 1. The second-order valence-corrected chi connectivity index (χ2v) is 11.1. The lowest BCUT2D eigenvalue weighted by atomic mass is 9.81. The van der Waals surface area contributed by atoms with Crippen molar-refractivity contribution in [3.8, 4) is 23.0 Å². The first-order chi connectivity index (χ1) is 13.7. The summed E-state index contributed by atoms with van der Waals surface area (Å²) in [6.07, 6.45) is 1.77. The van der Waals surface area contributed by atoms with Gasteiger partial charge in [0.2, 0.25) is 0 Å². The van der Waals surface area contributed by atoms with E-state index in [1.165, 1.54) is 0 Å². The fourth-order valence-electron chi connectivity index (χ4n) is 4.40. The number of ether oxygens (including phenoxy) is 1. The fourth-order valence-corrected chi connectivity index (χ4v) is 7.26. The van der Waals surface area contributed by atoms with Crippen LogP contribution in [0.4, 0.5) is 0 Å². The number of amidine groups is 1. The van der Waals surface area contributed by atoms with Crippen LogP contribution in [-0.2, 0) is 20.1 Å². The summed E-state index contributed by atoms with van der Waals surface area (Å²) in [7, 11) is -3.14. The van der Waals surface area contributed by atoms with Crippen molar-refractivity contribution in [3.63, 3.8) is 0 Å². The zero-order valence-corrected chi connectivity index (χ0v) is 18.2. The molecule has 1 fully saturated rings. The van der Waals surface area contributed by atoms with E-state index in [1.54, 1.807) is 11.3 Å². The number of benzene rings is 1. The molecule has 3 heterocycles. The van der Waals surface area contributed by atoms with Crippen LogP contribution in [0.15, 0.2) is 40.7 Å². The third kappa shape index (κ3) is 4.05. The van der Waals surface area contributed by atoms with E-state index in [0.29, 0.717) is 19.3 Å². The lowest BCUT2D eigenvalue weighted by molar-refractivity contribution is 0.0145. The summed E-state index contributed by atoms with van der Waals surface area (Å²) in [5, 5.41) is 2.10. The monoisotopic (exact) mass is 428 g/mol. The van der Waals surface area contributed by atoms with Crippen LogP contribution in [0.25, 0.3) is 11.1 Å². The van der Waals surface area contributed by atoms with Gasteiger partial charge < -0.3 is 10.5 Å². The molecule has 2 aliphatic heterocycles. The van der Waals surface area contributed by atoms with Gasteiger partial charge in [-0.3, -0.25) is 0 Å². The molecule has 1 aromatic carbocycles. The molecule has 0 radical (unpaired) electrons. The average Bonchev–Trinajstić information content (AvgIpc) is 3.11. The van der Waals surface area contributed by atoms with Gasteiger partial charge in [-0.25, -0.2) is 13.4 Å². The minimum Gasteiger partial charge on any atom is -0.458 e. The summed E-state index contributed by atoms with van der Waals surface area (Å²) in [6.45, 7) is 3.84. The van der Waals surface area contributed by atoms with Crippen molar-refractivity contribution >= 4 is 27.2 Å². The van der Waals surface area contributed by atoms with E-state index in [-0.39, 0.29) is 17.5 Å². The summed E-state index contributed by atoms with van der Waals surface area (Å²) >= 11 is 1.61. The van der Waals surface area contributed by atoms with Gasteiger partial charge in [0.05, 0.1) is 11.5 Å². The van der Waals surface area contributed by atoms with E-state index in [2.05, 4.69) is 40.4 Å². The van der Waals surface area contributed by atoms with Crippen molar-refractivity contribution in [3.05, 3.63) is 46.2 Å². The van der Waals surface area contributed by atoms with Gasteiger partial charge in [-0.1, -0.05) is 18.1 Å². The van der Waals surface area contributed by atoms with E-state index in [4.69, 9.17) is 10.5 Å². The molecule has 0 bridgehead atoms. The van der Waals surface area contributed by atoms with Gasteiger partial charge in [-0.05, 0) is 61.4 Å². The molecule has 2 aliphatic rings. The first-order valence-corrected chi connectivity index (χ1v) is 12.3. The third-order valence-electron chi connectivity index (χ3n) is 5.51. The van der Waals surface area contributed by atoms with Gasteiger partial charge in [0, 0.05) is 16.9 Å². The quantitative estimate of drug-likeness (QED) is 0.740. The Hall–Kier alpha value is -2.30. The maximum absolute atomic E-state index is 12.3. The van der Waals surface area contributed by atoms with Gasteiger partial charge in [-0.15, -0.1) is 17.3 Å². The molecule has 1 saturated heterocycles. The highest BCUT2D eigenvalue weighted by Gasteiger charge is 2.50. The maximum atomic E-state index is 12.3. The standard InChI is InChI=1S/C22H24N2O3S2/c1-3-6-16-7-4-8-17(11-16)18-12-19(28-13-18)21(2)14-22(27-20(23)24-21)9-5-10-29(25,26)15-22/h4,7-8,11-13H,5,9-10,14-15H2,1-2H3,(H2,23,24). The molecule has 1 aromatic heterocycles. The number of hydrogen-bond acceptors (Lipinski definition) is 6. The Kier molecular flexibility index (Phi) is 4.96.